The lowest BCUT2D eigenvalue weighted by atomic mass is 9.93. The fourth-order valence-corrected chi connectivity index (χ4v) is 4.26. The van der Waals surface area contributed by atoms with Crippen LogP contribution in [0.5, 0.6) is 0 Å². The maximum atomic E-state index is 14.0. The van der Waals surface area contributed by atoms with Gasteiger partial charge in [0.05, 0.1) is 0 Å². The Morgan fingerprint density at radius 1 is 1.00 bits per heavy atom. The minimum absolute atomic E-state index is 0.0456. The molecule has 0 saturated heterocycles. The van der Waals surface area contributed by atoms with Crippen LogP contribution >= 0.6 is 12.6 Å². The summed E-state index contributed by atoms with van der Waals surface area (Å²) in [6, 6.07) is 11.1. The monoisotopic (exact) mass is 527 g/mol. The molecule has 2 aromatic carbocycles. The van der Waals surface area contributed by atoms with Gasteiger partial charge in [0.2, 0.25) is 5.91 Å². The van der Waals surface area contributed by atoms with Crippen LogP contribution in [0.25, 0.3) is 0 Å². The second kappa shape index (κ2) is 13.0. The molecule has 2 N–H and O–H groups in total. The molecule has 0 aliphatic carbocycles. The Morgan fingerprint density at radius 2 is 1.62 bits per heavy atom. The molecule has 0 saturated carbocycles. The van der Waals surface area contributed by atoms with E-state index in [9.17, 15) is 14.4 Å². The van der Waals surface area contributed by atoms with E-state index in [-0.39, 0.29) is 17.7 Å². The quantitative estimate of drug-likeness (QED) is 0.363. The molecule has 0 bridgehead atoms. The summed E-state index contributed by atoms with van der Waals surface area (Å²) in [6.07, 6.45) is -0.104. The lowest BCUT2D eigenvalue weighted by molar-refractivity contribution is -0.143. The van der Waals surface area contributed by atoms with Gasteiger partial charge in [-0.1, -0.05) is 43.3 Å². The van der Waals surface area contributed by atoms with Crippen molar-refractivity contribution in [1.29, 1.82) is 0 Å². The van der Waals surface area contributed by atoms with Crippen molar-refractivity contribution in [2.24, 2.45) is 0 Å². The molecule has 3 unspecified atom stereocenters. The fraction of sp³-hybridized carbons (Fsp3) is 0.483. The van der Waals surface area contributed by atoms with Gasteiger partial charge in [0, 0.05) is 17.5 Å². The minimum Gasteiger partial charge on any atom is -0.444 e. The highest BCUT2D eigenvalue weighted by Crippen LogP contribution is 2.31. The minimum atomic E-state index is -0.980. The zero-order valence-corrected chi connectivity index (χ0v) is 24.1. The lowest BCUT2D eigenvalue weighted by Gasteiger charge is -2.38. The Labute approximate surface area is 226 Å². The van der Waals surface area contributed by atoms with Gasteiger partial charge in [-0.05, 0) is 83.2 Å². The number of aryl methyl sites for hydroxylation is 2. The van der Waals surface area contributed by atoms with Crippen LogP contribution in [-0.4, -0.2) is 46.2 Å². The number of thiol groups is 1. The fourth-order valence-electron chi connectivity index (χ4n) is 4.01. The molecule has 7 nitrogen and oxygen atoms in total. The molecule has 0 heterocycles. The van der Waals surface area contributed by atoms with Crippen LogP contribution in [0.1, 0.15) is 69.3 Å². The molecule has 8 heteroatoms. The molecule has 0 radical (unpaired) electrons. The molecular formula is C29H41N3O4S. The van der Waals surface area contributed by atoms with Crippen molar-refractivity contribution in [2.45, 2.75) is 85.5 Å². The SMILES string of the molecule is CCC(C)N(C(=O)C(CS)NC(=O)OC(C)(C)C)C(C(=O)Nc1ccccc1C)c1cccc(C)c1C. The van der Waals surface area contributed by atoms with Crippen LogP contribution in [0.2, 0.25) is 0 Å². The average molecular weight is 528 g/mol. The summed E-state index contributed by atoms with van der Waals surface area (Å²) in [4.78, 5) is 42.1. The molecule has 0 spiro atoms. The van der Waals surface area contributed by atoms with Gasteiger partial charge in [0.15, 0.2) is 0 Å². The Balaban J connectivity index is 2.58. The summed E-state index contributed by atoms with van der Waals surface area (Å²) in [7, 11) is 0. The van der Waals surface area contributed by atoms with Crippen LogP contribution < -0.4 is 10.6 Å². The zero-order chi connectivity index (χ0) is 27.9. The molecule has 37 heavy (non-hydrogen) atoms. The van der Waals surface area contributed by atoms with E-state index in [1.807, 2.05) is 77.1 Å². The first kappa shape index (κ1) is 30.2. The number of rotatable bonds is 9. The lowest BCUT2D eigenvalue weighted by Crippen LogP contribution is -2.55. The van der Waals surface area contributed by atoms with E-state index < -0.39 is 29.7 Å². The second-order valence-electron chi connectivity index (χ2n) is 10.4. The highest BCUT2D eigenvalue weighted by molar-refractivity contribution is 7.80. The summed E-state index contributed by atoms with van der Waals surface area (Å²) in [5, 5.41) is 5.69. The largest absolute Gasteiger partial charge is 0.444 e. The third kappa shape index (κ3) is 7.99. The molecule has 0 aliphatic rings. The Kier molecular flexibility index (Phi) is 10.6. The average Bonchev–Trinajstić information content (AvgIpc) is 2.82. The normalized spacial score (nSPS) is 13.8. The molecule has 202 valence electrons. The number of nitrogens with zero attached hydrogens (tertiary/aromatic N) is 1. The van der Waals surface area contributed by atoms with Crippen LogP contribution in [0, 0.1) is 20.8 Å². The number of alkyl carbamates (subject to hydrolysis) is 1. The third-order valence-corrected chi connectivity index (χ3v) is 6.73. The number of carbonyl (C=O) groups is 3. The van der Waals surface area contributed by atoms with Gasteiger partial charge in [-0.25, -0.2) is 4.79 Å². The van der Waals surface area contributed by atoms with Crippen LogP contribution in [-0.2, 0) is 14.3 Å². The van der Waals surface area contributed by atoms with Gasteiger partial charge in [-0.2, -0.15) is 12.6 Å². The van der Waals surface area contributed by atoms with Gasteiger partial charge >= 0.3 is 6.09 Å². The van der Waals surface area contributed by atoms with Gasteiger partial charge in [0.25, 0.3) is 5.91 Å². The number of para-hydroxylation sites is 1. The molecule has 2 rings (SSSR count). The molecule has 3 amide bonds. The van der Waals surface area contributed by atoms with E-state index in [2.05, 4.69) is 23.3 Å². The number of anilines is 1. The van der Waals surface area contributed by atoms with Gasteiger partial charge in [-0.15, -0.1) is 0 Å². The summed E-state index contributed by atoms with van der Waals surface area (Å²) >= 11 is 4.35. The molecule has 0 aromatic heterocycles. The summed E-state index contributed by atoms with van der Waals surface area (Å²) in [6.45, 7) is 15.0. The second-order valence-corrected chi connectivity index (χ2v) is 10.7. The Hall–Kier alpha value is -3.00. The number of carbonyl (C=O) groups excluding carboxylic acids is 3. The summed E-state index contributed by atoms with van der Waals surface area (Å²) in [5.41, 5.74) is 3.54. The number of ether oxygens (including phenoxy) is 1. The number of amides is 3. The maximum Gasteiger partial charge on any atom is 0.408 e. The first-order valence-corrected chi connectivity index (χ1v) is 13.3. The maximum absolute atomic E-state index is 14.0. The van der Waals surface area contributed by atoms with Crippen molar-refractivity contribution in [1.82, 2.24) is 10.2 Å². The van der Waals surface area contributed by atoms with Crippen LogP contribution in [0.3, 0.4) is 0 Å². The van der Waals surface area contributed by atoms with Gasteiger partial charge in [0.1, 0.15) is 17.7 Å². The smallest absolute Gasteiger partial charge is 0.408 e. The zero-order valence-electron chi connectivity index (χ0n) is 23.2. The van der Waals surface area contributed by atoms with Crippen LogP contribution in [0.4, 0.5) is 10.5 Å². The van der Waals surface area contributed by atoms with Crippen LogP contribution in [0.15, 0.2) is 42.5 Å². The van der Waals surface area contributed by atoms with E-state index in [1.165, 1.54) is 0 Å². The standard InChI is InChI=1S/C29H41N3O4S/c1-9-20(4)32(27(34)24(17-37)31-28(35)36-29(6,7)8)25(22-15-12-14-18(2)21(22)5)26(33)30-23-16-11-10-13-19(23)3/h10-16,20,24-25,37H,9,17H2,1-8H3,(H,30,33)(H,31,35). The van der Waals surface area contributed by atoms with Crippen molar-refractivity contribution >= 4 is 36.2 Å². The first-order chi connectivity index (χ1) is 17.3. The van der Waals surface area contributed by atoms with Crippen molar-refractivity contribution in [2.75, 3.05) is 11.1 Å². The molecule has 2 aromatic rings. The number of hydrogen-bond donors (Lipinski definition) is 3. The Morgan fingerprint density at radius 3 is 2.19 bits per heavy atom. The number of hydrogen-bond acceptors (Lipinski definition) is 5. The van der Waals surface area contributed by atoms with E-state index in [0.29, 0.717) is 12.1 Å². The molecule has 3 atom stereocenters. The van der Waals surface area contributed by atoms with Crippen molar-refractivity contribution in [3.63, 3.8) is 0 Å². The predicted molar refractivity (Wildman–Crippen MR) is 152 cm³/mol. The van der Waals surface area contributed by atoms with Crippen molar-refractivity contribution < 1.29 is 19.1 Å². The highest BCUT2D eigenvalue weighted by Gasteiger charge is 2.39. The van der Waals surface area contributed by atoms with Crippen molar-refractivity contribution in [3.8, 4) is 0 Å². The number of nitrogens with one attached hydrogen (secondary N) is 2. The first-order valence-electron chi connectivity index (χ1n) is 12.7. The van der Waals surface area contributed by atoms with E-state index in [0.717, 1.165) is 22.3 Å². The van der Waals surface area contributed by atoms with E-state index in [1.54, 1.807) is 25.7 Å². The summed E-state index contributed by atoms with van der Waals surface area (Å²) in [5.74, 6) is -0.683. The number of benzene rings is 2. The molecule has 0 aliphatic heterocycles. The highest BCUT2D eigenvalue weighted by atomic mass is 32.1. The molecular weight excluding hydrogens is 486 g/mol. The third-order valence-electron chi connectivity index (χ3n) is 6.36. The topological polar surface area (TPSA) is 87.7 Å². The van der Waals surface area contributed by atoms with Gasteiger partial charge in [-0.3, -0.25) is 9.59 Å². The summed E-state index contributed by atoms with van der Waals surface area (Å²) < 4.78 is 5.37. The van der Waals surface area contributed by atoms with E-state index >= 15 is 0 Å². The molecule has 0 fully saturated rings. The van der Waals surface area contributed by atoms with E-state index in [4.69, 9.17) is 4.74 Å². The predicted octanol–water partition coefficient (Wildman–Crippen LogP) is 5.74. The van der Waals surface area contributed by atoms with Crippen molar-refractivity contribution in [3.05, 3.63) is 64.7 Å². The van der Waals surface area contributed by atoms with Gasteiger partial charge < -0.3 is 20.3 Å². The Bertz CT molecular complexity index is 1110.